The third-order valence-corrected chi connectivity index (χ3v) is 9.23. The highest BCUT2D eigenvalue weighted by atomic mass is 16.6. The quantitative estimate of drug-likeness (QED) is 0.495. The van der Waals surface area contributed by atoms with E-state index in [1.807, 2.05) is 0 Å². The second-order valence-electron chi connectivity index (χ2n) is 10.2. The third kappa shape index (κ3) is 2.36. The van der Waals surface area contributed by atoms with Crippen LogP contribution in [0.4, 0.5) is 0 Å². The standard InChI is InChI=1S/C24H30O5/c1-22-8-4-15(25)12-14(22)13-16(21(27)28-3)20-17(22)5-9-23(2)18(20)6-10-24(23)11-7-19(26)29-24/h5,12,16,18,20H,4,6-11,13H2,1-3H3/t16-,18?,20?,22?,23+,24-/m1/s1. The van der Waals surface area contributed by atoms with Gasteiger partial charge in [0.1, 0.15) is 5.60 Å². The number of fused-ring (bicyclic) bond motifs is 6. The van der Waals surface area contributed by atoms with E-state index in [0.29, 0.717) is 19.3 Å². The lowest BCUT2D eigenvalue weighted by Crippen LogP contribution is -2.53. The van der Waals surface area contributed by atoms with Gasteiger partial charge < -0.3 is 9.47 Å². The van der Waals surface area contributed by atoms with E-state index >= 15 is 0 Å². The highest BCUT2D eigenvalue weighted by molar-refractivity contribution is 5.92. The van der Waals surface area contributed by atoms with Gasteiger partial charge in [-0.1, -0.05) is 31.1 Å². The molecule has 5 rings (SSSR count). The number of hydrogen-bond donors (Lipinski definition) is 0. The second-order valence-corrected chi connectivity index (χ2v) is 10.2. The van der Waals surface area contributed by atoms with E-state index in [4.69, 9.17) is 9.47 Å². The van der Waals surface area contributed by atoms with Crippen LogP contribution < -0.4 is 0 Å². The molecule has 3 unspecified atom stereocenters. The topological polar surface area (TPSA) is 69.7 Å². The predicted octanol–water partition coefficient (Wildman–Crippen LogP) is 3.91. The minimum absolute atomic E-state index is 0.0854. The maximum atomic E-state index is 12.9. The van der Waals surface area contributed by atoms with Gasteiger partial charge in [-0.15, -0.1) is 0 Å². The summed E-state index contributed by atoms with van der Waals surface area (Å²) in [5.41, 5.74) is 1.72. The highest BCUT2D eigenvalue weighted by Crippen LogP contribution is 2.69. The number of carbonyl (C=O) groups excluding carboxylic acids is 3. The lowest BCUT2D eigenvalue weighted by Gasteiger charge is -2.56. The molecule has 6 atom stereocenters. The number of esters is 2. The average Bonchev–Trinajstić information content (AvgIpc) is 3.22. The zero-order chi connectivity index (χ0) is 20.6. The van der Waals surface area contributed by atoms with Crippen molar-refractivity contribution < 1.29 is 23.9 Å². The fraction of sp³-hybridized carbons (Fsp3) is 0.708. The first-order valence-electron chi connectivity index (χ1n) is 11.0. The molecule has 0 N–H and O–H groups in total. The van der Waals surface area contributed by atoms with E-state index < -0.39 is 5.60 Å². The molecule has 1 aliphatic heterocycles. The van der Waals surface area contributed by atoms with Crippen LogP contribution in [0.3, 0.4) is 0 Å². The van der Waals surface area contributed by atoms with Crippen LogP contribution in [0.1, 0.15) is 65.2 Å². The molecular weight excluding hydrogens is 368 g/mol. The van der Waals surface area contributed by atoms with Gasteiger partial charge in [0, 0.05) is 23.7 Å². The van der Waals surface area contributed by atoms with Crippen molar-refractivity contribution in [1.82, 2.24) is 0 Å². The zero-order valence-corrected chi connectivity index (χ0v) is 17.6. The van der Waals surface area contributed by atoms with E-state index in [1.165, 1.54) is 12.7 Å². The molecule has 5 heteroatoms. The Kier molecular flexibility index (Phi) is 3.98. The predicted molar refractivity (Wildman–Crippen MR) is 106 cm³/mol. The number of rotatable bonds is 1. The summed E-state index contributed by atoms with van der Waals surface area (Å²) < 4.78 is 11.2. The fourth-order valence-corrected chi connectivity index (χ4v) is 7.53. The molecule has 29 heavy (non-hydrogen) atoms. The Balaban J connectivity index is 1.63. The molecule has 2 saturated carbocycles. The molecule has 1 heterocycles. The molecule has 156 valence electrons. The molecule has 1 spiro atoms. The monoisotopic (exact) mass is 398 g/mol. The summed E-state index contributed by atoms with van der Waals surface area (Å²) in [5, 5.41) is 0. The average molecular weight is 398 g/mol. The molecule has 0 aromatic carbocycles. The van der Waals surface area contributed by atoms with Crippen molar-refractivity contribution in [3.63, 3.8) is 0 Å². The summed E-state index contributed by atoms with van der Waals surface area (Å²) in [7, 11) is 1.46. The Morgan fingerprint density at radius 3 is 2.66 bits per heavy atom. The third-order valence-electron chi connectivity index (χ3n) is 9.23. The number of ketones is 1. The number of carbonyl (C=O) groups is 3. The van der Waals surface area contributed by atoms with Crippen molar-refractivity contribution in [3.8, 4) is 0 Å². The van der Waals surface area contributed by atoms with Crippen molar-refractivity contribution in [1.29, 1.82) is 0 Å². The second kappa shape index (κ2) is 6.05. The van der Waals surface area contributed by atoms with E-state index in [-0.39, 0.29) is 46.3 Å². The van der Waals surface area contributed by atoms with Gasteiger partial charge in [0.25, 0.3) is 0 Å². The van der Waals surface area contributed by atoms with Gasteiger partial charge in [-0.3, -0.25) is 14.4 Å². The van der Waals surface area contributed by atoms with Gasteiger partial charge in [0.05, 0.1) is 13.0 Å². The number of allylic oxidation sites excluding steroid dienone is 4. The molecule has 0 bridgehead atoms. The molecule has 0 aromatic rings. The van der Waals surface area contributed by atoms with Crippen molar-refractivity contribution in [2.75, 3.05) is 7.11 Å². The SMILES string of the molecule is COC(=O)[C@@H]1CC2=CC(=O)CCC2(C)C2=CC[C@@]3(C)C(CC[C@@]34CCC(=O)O4)C21. The Hall–Kier alpha value is -1.91. The maximum absolute atomic E-state index is 12.9. The summed E-state index contributed by atoms with van der Waals surface area (Å²) >= 11 is 0. The Bertz CT molecular complexity index is 868. The van der Waals surface area contributed by atoms with Crippen LogP contribution in [0.2, 0.25) is 0 Å². The summed E-state index contributed by atoms with van der Waals surface area (Å²) in [4.78, 5) is 37.1. The minimum Gasteiger partial charge on any atom is -0.469 e. The zero-order valence-electron chi connectivity index (χ0n) is 17.6. The summed E-state index contributed by atoms with van der Waals surface area (Å²) in [6, 6.07) is 0. The first-order chi connectivity index (χ1) is 13.7. The fourth-order valence-electron chi connectivity index (χ4n) is 7.53. The Morgan fingerprint density at radius 1 is 1.17 bits per heavy atom. The van der Waals surface area contributed by atoms with Crippen LogP contribution in [0, 0.1) is 28.6 Å². The van der Waals surface area contributed by atoms with E-state index in [9.17, 15) is 14.4 Å². The normalized spacial score (nSPS) is 45.7. The molecule has 4 aliphatic carbocycles. The first kappa shape index (κ1) is 19.1. The van der Waals surface area contributed by atoms with Crippen LogP contribution in [-0.2, 0) is 23.9 Å². The van der Waals surface area contributed by atoms with Crippen molar-refractivity contribution in [2.45, 2.75) is 70.8 Å². The highest BCUT2D eigenvalue weighted by Gasteiger charge is 2.67. The van der Waals surface area contributed by atoms with Crippen molar-refractivity contribution in [3.05, 3.63) is 23.3 Å². The van der Waals surface area contributed by atoms with E-state index in [1.54, 1.807) is 6.08 Å². The van der Waals surface area contributed by atoms with E-state index in [2.05, 4.69) is 19.9 Å². The van der Waals surface area contributed by atoms with Gasteiger partial charge in [-0.05, 0) is 56.4 Å². The molecule has 3 fully saturated rings. The summed E-state index contributed by atoms with van der Waals surface area (Å²) in [5.74, 6) is 0.00356. The van der Waals surface area contributed by atoms with Crippen LogP contribution in [0.5, 0.6) is 0 Å². The molecule has 5 aliphatic rings. The molecule has 5 nitrogen and oxygen atoms in total. The molecule has 0 radical (unpaired) electrons. The van der Waals surface area contributed by atoms with Gasteiger partial charge in [-0.25, -0.2) is 0 Å². The number of hydrogen-bond acceptors (Lipinski definition) is 5. The van der Waals surface area contributed by atoms with Crippen LogP contribution in [-0.4, -0.2) is 30.4 Å². The van der Waals surface area contributed by atoms with Gasteiger partial charge in [0.15, 0.2) is 5.78 Å². The van der Waals surface area contributed by atoms with E-state index in [0.717, 1.165) is 37.7 Å². The van der Waals surface area contributed by atoms with Gasteiger partial charge in [-0.2, -0.15) is 0 Å². The summed E-state index contributed by atoms with van der Waals surface area (Å²) in [6.45, 7) is 4.52. The minimum atomic E-state index is -0.392. The van der Waals surface area contributed by atoms with Crippen LogP contribution in [0.25, 0.3) is 0 Å². The Labute approximate surface area is 171 Å². The largest absolute Gasteiger partial charge is 0.469 e. The molecule has 0 amide bonds. The van der Waals surface area contributed by atoms with Crippen molar-refractivity contribution >= 4 is 17.7 Å². The lowest BCUT2D eigenvalue weighted by molar-refractivity contribution is -0.163. The Morgan fingerprint density at radius 2 is 1.97 bits per heavy atom. The van der Waals surface area contributed by atoms with Crippen LogP contribution >= 0.6 is 0 Å². The van der Waals surface area contributed by atoms with Crippen molar-refractivity contribution in [2.24, 2.45) is 28.6 Å². The number of methoxy groups -OCH3 is 1. The lowest BCUT2D eigenvalue weighted by atomic mass is 9.48. The van der Waals surface area contributed by atoms with Gasteiger partial charge >= 0.3 is 11.9 Å². The number of ether oxygens (including phenoxy) is 2. The van der Waals surface area contributed by atoms with Crippen LogP contribution in [0.15, 0.2) is 23.3 Å². The first-order valence-corrected chi connectivity index (χ1v) is 11.0. The molecule has 1 saturated heterocycles. The van der Waals surface area contributed by atoms with Gasteiger partial charge in [0.2, 0.25) is 0 Å². The smallest absolute Gasteiger partial charge is 0.309 e. The molecule has 0 aromatic heterocycles. The molecular formula is C24H30O5. The maximum Gasteiger partial charge on any atom is 0.309 e. The summed E-state index contributed by atoms with van der Waals surface area (Å²) in [6.07, 6.45) is 10.1.